The van der Waals surface area contributed by atoms with E-state index in [1.807, 2.05) is 57.2 Å². The highest BCUT2D eigenvalue weighted by atomic mass is 16.3. The van der Waals surface area contributed by atoms with Gasteiger partial charge in [0, 0.05) is 12.3 Å². The smallest absolute Gasteiger partial charge is 0.118 e. The Morgan fingerprint density at radius 3 is 2.44 bits per heavy atom. The lowest BCUT2D eigenvalue weighted by Crippen LogP contribution is -2.18. The van der Waals surface area contributed by atoms with Gasteiger partial charge in [0.1, 0.15) is 5.75 Å². The van der Waals surface area contributed by atoms with E-state index in [9.17, 15) is 5.11 Å². The van der Waals surface area contributed by atoms with E-state index in [2.05, 4.69) is 44.7 Å². The number of nitrogens with zero attached hydrogens (tertiary/aromatic N) is 1. The number of terminal acetylenes is 1. The summed E-state index contributed by atoms with van der Waals surface area (Å²) in [6, 6.07) is 5.57. The van der Waals surface area contributed by atoms with Crippen molar-refractivity contribution >= 4 is 5.71 Å². The van der Waals surface area contributed by atoms with Crippen LogP contribution in [0.2, 0.25) is 0 Å². The fraction of sp³-hybridized carbons (Fsp3) is 0.414. The highest BCUT2D eigenvalue weighted by Gasteiger charge is 2.17. The number of hydrogen-bond donors (Lipinski definition) is 2. The first-order valence-electron chi connectivity index (χ1n) is 11.4. The maximum absolute atomic E-state index is 9.70. The van der Waals surface area contributed by atoms with Gasteiger partial charge in [-0.3, -0.25) is 4.99 Å². The maximum atomic E-state index is 9.70. The van der Waals surface area contributed by atoms with E-state index in [4.69, 9.17) is 4.99 Å². The Bertz CT molecular complexity index is 821. The van der Waals surface area contributed by atoms with Gasteiger partial charge in [-0.25, -0.2) is 0 Å². The van der Waals surface area contributed by atoms with Crippen LogP contribution in [0.4, 0.5) is 0 Å². The SMILES string of the molecule is C#C.C=CCCNC\C(N=C(C)c1ccc(O)c(C)c1)=C(C)/C=C\C=C/C.CCC1CC1. The zero-order chi connectivity index (χ0) is 24.4. The van der Waals surface area contributed by atoms with Gasteiger partial charge in [-0.1, -0.05) is 56.6 Å². The minimum absolute atomic E-state index is 0.309. The lowest BCUT2D eigenvalue weighted by atomic mass is 10.1. The molecule has 0 heterocycles. The third-order valence-corrected chi connectivity index (χ3v) is 5.11. The summed E-state index contributed by atoms with van der Waals surface area (Å²) in [6.45, 7) is 15.6. The summed E-state index contributed by atoms with van der Waals surface area (Å²) in [5.41, 5.74) is 4.94. The number of hydrogen-bond acceptors (Lipinski definition) is 3. The largest absolute Gasteiger partial charge is 0.508 e. The standard InChI is InChI=1S/C22H30N2O.C5H10.C2H2/c1-6-8-10-11-17(3)21(16-23-14-9-7-2)24-19(5)20-12-13-22(25)18(4)15-20;1-2-5-3-4-5;1-2/h6-8,10-13,15,23,25H,2,9,14,16H2,1,3-5H3;5H,2-4H2,1H3;1-2H/b8-6-,11-10-,21-17+,24-19?;;. The number of benzene rings is 1. The van der Waals surface area contributed by atoms with Crippen molar-refractivity contribution in [2.24, 2.45) is 10.9 Å². The van der Waals surface area contributed by atoms with Crippen LogP contribution >= 0.6 is 0 Å². The number of nitrogens with one attached hydrogen (secondary N) is 1. The summed E-state index contributed by atoms with van der Waals surface area (Å²) < 4.78 is 0. The average Bonchev–Trinajstić information content (AvgIpc) is 3.64. The normalized spacial score (nSPS) is 14.3. The second-order valence-corrected chi connectivity index (χ2v) is 7.82. The highest BCUT2D eigenvalue weighted by Crippen LogP contribution is 2.31. The fourth-order valence-corrected chi connectivity index (χ4v) is 2.76. The number of phenols is 1. The van der Waals surface area contributed by atoms with Gasteiger partial charge in [-0.2, -0.15) is 0 Å². The second kappa shape index (κ2) is 17.8. The Balaban J connectivity index is 0.00000117. The molecule has 0 aromatic heterocycles. The van der Waals surface area contributed by atoms with E-state index < -0.39 is 0 Å². The van der Waals surface area contributed by atoms with Crippen LogP contribution in [0.5, 0.6) is 5.75 Å². The van der Waals surface area contributed by atoms with Crippen molar-refractivity contribution in [1.82, 2.24) is 5.32 Å². The van der Waals surface area contributed by atoms with Gasteiger partial charge in [0.2, 0.25) is 0 Å². The molecule has 0 spiro atoms. The summed E-state index contributed by atoms with van der Waals surface area (Å²) in [7, 11) is 0. The van der Waals surface area contributed by atoms with E-state index >= 15 is 0 Å². The molecule has 1 aromatic carbocycles. The first-order valence-corrected chi connectivity index (χ1v) is 11.4. The summed E-state index contributed by atoms with van der Waals surface area (Å²) in [5.74, 6) is 1.44. The molecule has 0 atom stereocenters. The molecule has 1 fully saturated rings. The summed E-state index contributed by atoms with van der Waals surface area (Å²) >= 11 is 0. The molecule has 0 radical (unpaired) electrons. The maximum Gasteiger partial charge on any atom is 0.118 e. The van der Waals surface area contributed by atoms with Gasteiger partial charge in [0.05, 0.1) is 5.70 Å². The summed E-state index contributed by atoms with van der Waals surface area (Å²) in [6.07, 6.45) is 23.4. The molecular weight excluding hydrogens is 392 g/mol. The first-order chi connectivity index (χ1) is 15.4. The minimum Gasteiger partial charge on any atom is -0.508 e. The quantitative estimate of drug-likeness (QED) is 0.135. The topological polar surface area (TPSA) is 44.6 Å². The van der Waals surface area contributed by atoms with Gasteiger partial charge in [-0.15, -0.1) is 19.4 Å². The third-order valence-electron chi connectivity index (χ3n) is 5.11. The van der Waals surface area contributed by atoms with Gasteiger partial charge >= 0.3 is 0 Å². The Labute approximate surface area is 196 Å². The van der Waals surface area contributed by atoms with Crippen LogP contribution in [-0.4, -0.2) is 23.9 Å². The van der Waals surface area contributed by atoms with Crippen molar-refractivity contribution in [3.05, 3.63) is 77.6 Å². The Kier molecular flexibility index (Phi) is 16.2. The Morgan fingerprint density at radius 2 is 1.94 bits per heavy atom. The van der Waals surface area contributed by atoms with Crippen LogP contribution in [0.15, 0.2) is 71.4 Å². The van der Waals surface area contributed by atoms with E-state index in [0.29, 0.717) is 12.3 Å². The molecule has 0 saturated heterocycles. The molecule has 32 heavy (non-hydrogen) atoms. The lowest BCUT2D eigenvalue weighted by Gasteiger charge is -2.10. The van der Waals surface area contributed by atoms with Crippen molar-refractivity contribution in [3.8, 4) is 18.6 Å². The number of aliphatic imine (C=N–C) groups is 1. The number of rotatable bonds is 10. The molecule has 1 aromatic rings. The molecule has 174 valence electrons. The van der Waals surface area contributed by atoms with Crippen molar-refractivity contribution in [2.45, 2.75) is 60.3 Å². The molecule has 0 bridgehead atoms. The summed E-state index contributed by atoms with van der Waals surface area (Å²) in [5, 5.41) is 13.1. The number of aryl methyl sites for hydroxylation is 1. The van der Waals surface area contributed by atoms with Gasteiger partial charge in [-0.05, 0) is 81.5 Å². The van der Waals surface area contributed by atoms with E-state index in [0.717, 1.165) is 47.0 Å². The van der Waals surface area contributed by atoms with E-state index in [-0.39, 0.29) is 0 Å². The van der Waals surface area contributed by atoms with E-state index in [1.54, 1.807) is 6.07 Å². The molecule has 1 saturated carbocycles. The van der Waals surface area contributed by atoms with Crippen LogP contribution in [0.25, 0.3) is 0 Å². The second-order valence-electron chi connectivity index (χ2n) is 7.82. The molecule has 0 amide bonds. The van der Waals surface area contributed by atoms with Gasteiger partial charge in [0.15, 0.2) is 0 Å². The predicted octanol–water partition coefficient (Wildman–Crippen LogP) is 7.14. The van der Waals surface area contributed by atoms with Crippen molar-refractivity contribution in [1.29, 1.82) is 0 Å². The number of allylic oxidation sites excluding steroid dienone is 5. The zero-order valence-electron chi connectivity index (χ0n) is 20.7. The van der Waals surface area contributed by atoms with Crippen LogP contribution in [0.1, 0.15) is 64.5 Å². The Morgan fingerprint density at radius 1 is 1.25 bits per heavy atom. The molecule has 2 N–H and O–H groups in total. The Hall–Kier alpha value is -2.83. The molecule has 0 aliphatic heterocycles. The molecule has 2 rings (SSSR count). The number of aromatic hydroxyl groups is 1. The highest BCUT2D eigenvalue weighted by molar-refractivity contribution is 5.99. The molecule has 3 nitrogen and oxygen atoms in total. The van der Waals surface area contributed by atoms with Crippen molar-refractivity contribution in [2.75, 3.05) is 13.1 Å². The third kappa shape index (κ3) is 12.8. The molecule has 3 heteroatoms. The molecule has 1 aliphatic carbocycles. The molecule has 0 unspecified atom stereocenters. The van der Waals surface area contributed by atoms with Gasteiger partial charge < -0.3 is 10.4 Å². The van der Waals surface area contributed by atoms with Crippen LogP contribution < -0.4 is 5.32 Å². The van der Waals surface area contributed by atoms with Crippen molar-refractivity contribution < 1.29 is 5.11 Å². The van der Waals surface area contributed by atoms with E-state index in [1.165, 1.54) is 19.3 Å². The molecule has 1 aliphatic rings. The van der Waals surface area contributed by atoms with Crippen molar-refractivity contribution in [3.63, 3.8) is 0 Å². The van der Waals surface area contributed by atoms with Gasteiger partial charge in [0.25, 0.3) is 0 Å². The minimum atomic E-state index is 0.309. The fourth-order valence-electron chi connectivity index (χ4n) is 2.76. The van der Waals surface area contributed by atoms with Crippen LogP contribution in [0.3, 0.4) is 0 Å². The monoisotopic (exact) mass is 434 g/mol. The number of phenolic OH excluding ortho intramolecular Hbond substituents is 1. The zero-order valence-corrected chi connectivity index (χ0v) is 20.7. The van der Waals surface area contributed by atoms with Crippen LogP contribution in [0, 0.1) is 25.7 Å². The van der Waals surface area contributed by atoms with Crippen LogP contribution in [-0.2, 0) is 0 Å². The average molecular weight is 435 g/mol. The molecular formula is C29H42N2O. The lowest BCUT2D eigenvalue weighted by molar-refractivity contribution is 0.471. The first kappa shape index (κ1) is 29.2. The predicted molar refractivity (Wildman–Crippen MR) is 142 cm³/mol. The summed E-state index contributed by atoms with van der Waals surface area (Å²) in [4.78, 5) is 4.84.